The molecule has 7 heteroatoms. The van der Waals surface area contributed by atoms with Crippen LogP contribution in [-0.2, 0) is 24.2 Å². The van der Waals surface area contributed by atoms with Gasteiger partial charge in [-0.05, 0) is 48.6 Å². The molecule has 5 rings (SSSR count). The van der Waals surface area contributed by atoms with Gasteiger partial charge in [0.1, 0.15) is 18.5 Å². The molecular formula is C23H21N5O2. The van der Waals surface area contributed by atoms with Gasteiger partial charge in [-0.3, -0.25) is 5.32 Å². The third-order valence-electron chi connectivity index (χ3n) is 5.38. The molecule has 0 unspecified atom stereocenters. The number of fused-ring (bicyclic) bond motifs is 3. The number of nitrogen functional groups attached to an aromatic ring is 1. The standard InChI is InChI=1S/C23H21N5O2/c24-22-21-20(25-14-26-22)18-10-5-11-19(18)28(21)17-9-4-8-16(12-17)27-23(29)30-13-15-6-2-1-3-7-15/h1-4,6-9,12,14H,5,10-11,13H2,(H,27,29)(H2,24,25,26). The van der Waals surface area contributed by atoms with Crippen LogP contribution in [0, 0.1) is 0 Å². The number of nitrogens with two attached hydrogens (primary N) is 1. The fraction of sp³-hybridized carbons (Fsp3) is 0.174. The Morgan fingerprint density at radius 2 is 1.97 bits per heavy atom. The van der Waals surface area contributed by atoms with Crippen molar-refractivity contribution in [1.82, 2.24) is 14.5 Å². The maximum Gasteiger partial charge on any atom is 0.411 e. The molecule has 0 saturated carbocycles. The van der Waals surface area contributed by atoms with Crippen molar-refractivity contribution >= 4 is 28.6 Å². The van der Waals surface area contributed by atoms with Gasteiger partial charge in [-0.1, -0.05) is 36.4 Å². The van der Waals surface area contributed by atoms with Gasteiger partial charge < -0.3 is 15.0 Å². The Kier molecular flexibility index (Phi) is 4.55. The molecule has 0 aliphatic heterocycles. The van der Waals surface area contributed by atoms with Gasteiger partial charge in [0.15, 0.2) is 5.82 Å². The second-order valence-electron chi connectivity index (χ2n) is 7.31. The predicted octanol–water partition coefficient (Wildman–Crippen LogP) is 4.24. The molecule has 0 bridgehead atoms. The van der Waals surface area contributed by atoms with E-state index in [1.165, 1.54) is 17.6 Å². The van der Waals surface area contributed by atoms with Crippen LogP contribution in [0.15, 0.2) is 60.9 Å². The Hall–Kier alpha value is -3.87. The molecule has 0 saturated heterocycles. The molecule has 2 heterocycles. The number of ether oxygens (including phenoxy) is 1. The highest BCUT2D eigenvalue weighted by Crippen LogP contribution is 2.36. The summed E-state index contributed by atoms with van der Waals surface area (Å²) < 4.78 is 7.45. The van der Waals surface area contributed by atoms with Crippen molar-refractivity contribution in [2.75, 3.05) is 11.1 Å². The fourth-order valence-electron chi connectivity index (χ4n) is 4.08. The minimum atomic E-state index is -0.499. The molecule has 0 atom stereocenters. The van der Waals surface area contributed by atoms with Crippen LogP contribution in [0.2, 0.25) is 0 Å². The summed E-state index contributed by atoms with van der Waals surface area (Å²) >= 11 is 0. The average molecular weight is 399 g/mol. The summed E-state index contributed by atoms with van der Waals surface area (Å²) in [4.78, 5) is 20.9. The molecule has 3 N–H and O–H groups in total. The van der Waals surface area contributed by atoms with Crippen molar-refractivity contribution in [3.8, 4) is 5.69 Å². The number of nitrogens with one attached hydrogen (secondary N) is 1. The highest BCUT2D eigenvalue weighted by Gasteiger charge is 2.25. The van der Waals surface area contributed by atoms with E-state index in [4.69, 9.17) is 10.5 Å². The quantitative estimate of drug-likeness (QED) is 0.535. The number of amides is 1. The monoisotopic (exact) mass is 399 g/mol. The van der Waals surface area contributed by atoms with Crippen molar-refractivity contribution in [2.45, 2.75) is 25.9 Å². The average Bonchev–Trinajstić information content (AvgIpc) is 3.35. The topological polar surface area (TPSA) is 95.1 Å². The van der Waals surface area contributed by atoms with Gasteiger partial charge in [0, 0.05) is 17.1 Å². The van der Waals surface area contributed by atoms with Gasteiger partial charge in [0.05, 0.1) is 5.52 Å². The fourth-order valence-corrected chi connectivity index (χ4v) is 4.08. The normalized spacial score (nSPS) is 12.7. The number of hydrogen-bond acceptors (Lipinski definition) is 5. The van der Waals surface area contributed by atoms with E-state index in [0.717, 1.165) is 41.5 Å². The van der Waals surface area contributed by atoms with E-state index in [-0.39, 0.29) is 6.61 Å². The van der Waals surface area contributed by atoms with Crippen LogP contribution in [0.4, 0.5) is 16.3 Å². The summed E-state index contributed by atoms with van der Waals surface area (Å²) in [7, 11) is 0. The van der Waals surface area contributed by atoms with Crippen LogP contribution in [0.25, 0.3) is 16.7 Å². The third-order valence-corrected chi connectivity index (χ3v) is 5.38. The van der Waals surface area contributed by atoms with Gasteiger partial charge in [0.2, 0.25) is 0 Å². The van der Waals surface area contributed by atoms with Crippen LogP contribution in [0.1, 0.15) is 23.2 Å². The number of anilines is 2. The summed E-state index contributed by atoms with van der Waals surface area (Å²) in [6.07, 6.45) is 4.05. The van der Waals surface area contributed by atoms with Crippen LogP contribution in [0.5, 0.6) is 0 Å². The molecule has 30 heavy (non-hydrogen) atoms. The number of carbonyl (C=O) groups excluding carboxylic acids is 1. The smallest absolute Gasteiger partial charge is 0.411 e. The number of benzene rings is 2. The predicted molar refractivity (Wildman–Crippen MR) is 116 cm³/mol. The first-order chi connectivity index (χ1) is 14.7. The molecule has 7 nitrogen and oxygen atoms in total. The van der Waals surface area contributed by atoms with Crippen molar-refractivity contribution in [3.63, 3.8) is 0 Å². The zero-order valence-electron chi connectivity index (χ0n) is 16.3. The molecular weight excluding hydrogens is 378 g/mol. The molecule has 2 aromatic heterocycles. The molecule has 2 aromatic carbocycles. The van der Waals surface area contributed by atoms with E-state index in [1.807, 2.05) is 54.6 Å². The first-order valence-corrected chi connectivity index (χ1v) is 9.91. The number of hydrogen-bond donors (Lipinski definition) is 2. The van der Waals surface area contributed by atoms with Crippen LogP contribution in [-0.4, -0.2) is 20.6 Å². The molecule has 1 aliphatic carbocycles. The van der Waals surface area contributed by atoms with Crippen LogP contribution < -0.4 is 11.1 Å². The summed E-state index contributed by atoms with van der Waals surface area (Å²) in [6.45, 7) is 0.218. The second kappa shape index (κ2) is 7.51. The second-order valence-corrected chi connectivity index (χ2v) is 7.31. The molecule has 1 amide bonds. The van der Waals surface area contributed by atoms with E-state index in [0.29, 0.717) is 11.5 Å². The van der Waals surface area contributed by atoms with Gasteiger partial charge >= 0.3 is 6.09 Å². The molecule has 0 fully saturated rings. The molecule has 0 radical (unpaired) electrons. The first-order valence-electron chi connectivity index (χ1n) is 9.91. The summed E-state index contributed by atoms with van der Waals surface area (Å²) in [5.41, 5.74) is 12.9. The lowest BCUT2D eigenvalue weighted by Gasteiger charge is -2.13. The Labute approximate surface area is 173 Å². The Morgan fingerprint density at radius 1 is 1.10 bits per heavy atom. The van der Waals surface area contributed by atoms with E-state index in [1.54, 1.807) is 0 Å². The van der Waals surface area contributed by atoms with E-state index in [2.05, 4.69) is 19.9 Å². The van der Waals surface area contributed by atoms with Crippen molar-refractivity contribution in [3.05, 3.63) is 77.7 Å². The maximum atomic E-state index is 12.3. The lowest BCUT2D eigenvalue weighted by molar-refractivity contribution is 0.155. The van der Waals surface area contributed by atoms with Crippen molar-refractivity contribution < 1.29 is 9.53 Å². The maximum absolute atomic E-state index is 12.3. The highest BCUT2D eigenvalue weighted by molar-refractivity contribution is 5.92. The number of rotatable bonds is 4. The molecule has 4 aromatic rings. The Morgan fingerprint density at radius 3 is 2.83 bits per heavy atom. The number of carbonyl (C=O) groups is 1. The minimum Gasteiger partial charge on any atom is -0.444 e. The first kappa shape index (κ1) is 18.2. The van der Waals surface area contributed by atoms with Crippen LogP contribution >= 0.6 is 0 Å². The largest absolute Gasteiger partial charge is 0.444 e. The van der Waals surface area contributed by atoms with E-state index < -0.39 is 6.09 Å². The van der Waals surface area contributed by atoms with Gasteiger partial charge in [-0.15, -0.1) is 0 Å². The number of nitrogens with zero attached hydrogens (tertiary/aromatic N) is 3. The number of aryl methyl sites for hydroxylation is 1. The molecule has 1 aliphatic rings. The lowest BCUT2D eigenvalue weighted by atomic mass is 10.2. The zero-order chi connectivity index (χ0) is 20.5. The summed E-state index contributed by atoms with van der Waals surface area (Å²) in [6, 6.07) is 17.2. The van der Waals surface area contributed by atoms with Gasteiger partial charge in [0.25, 0.3) is 0 Å². The lowest BCUT2D eigenvalue weighted by Crippen LogP contribution is -2.13. The van der Waals surface area contributed by atoms with Gasteiger partial charge in [-0.25, -0.2) is 14.8 Å². The van der Waals surface area contributed by atoms with Crippen molar-refractivity contribution in [2.24, 2.45) is 0 Å². The Bertz CT molecular complexity index is 1230. The van der Waals surface area contributed by atoms with Crippen LogP contribution in [0.3, 0.4) is 0 Å². The van der Waals surface area contributed by atoms with Crippen molar-refractivity contribution in [1.29, 1.82) is 0 Å². The molecule has 0 spiro atoms. The van der Waals surface area contributed by atoms with Gasteiger partial charge in [-0.2, -0.15) is 0 Å². The number of aromatic nitrogens is 3. The summed E-state index contributed by atoms with van der Waals surface area (Å²) in [5, 5.41) is 2.81. The minimum absolute atomic E-state index is 0.218. The SMILES string of the molecule is Nc1ncnc2c3c(n(-c4cccc(NC(=O)OCc5ccccc5)c4)c12)CCC3. The van der Waals surface area contributed by atoms with E-state index in [9.17, 15) is 4.79 Å². The summed E-state index contributed by atoms with van der Waals surface area (Å²) in [5.74, 6) is 0.454. The molecule has 150 valence electrons. The van der Waals surface area contributed by atoms with E-state index >= 15 is 0 Å². The zero-order valence-corrected chi connectivity index (χ0v) is 16.3. The third kappa shape index (κ3) is 3.24. The Balaban J connectivity index is 1.43. The highest BCUT2D eigenvalue weighted by atomic mass is 16.5.